The number of halogens is 1. The quantitative estimate of drug-likeness (QED) is 0.811. The molecule has 0 bridgehead atoms. The number of carbonyl (C=O) groups is 1. The summed E-state index contributed by atoms with van der Waals surface area (Å²) in [6, 6.07) is 4.87. The van der Waals surface area contributed by atoms with Crippen LogP contribution in [0.3, 0.4) is 0 Å². The molecule has 100 valence electrons. The molecule has 0 amide bonds. The number of H-pyrrole nitrogens is 1. The number of ketones is 1. The minimum atomic E-state index is -0.314. The second kappa shape index (κ2) is 5.16. The van der Waals surface area contributed by atoms with Gasteiger partial charge in [-0.25, -0.2) is 4.39 Å². The third-order valence-corrected chi connectivity index (χ3v) is 4.15. The van der Waals surface area contributed by atoms with Crippen LogP contribution >= 0.6 is 0 Å². The highest BCUT2D eigenvalue weighted by molar-refractivity contribution is 6.08. The number of benzene rings is 1. The minimum Gasteiger partial charge on any atom is -0.360 e. The Balaban J connectivity index is 1.85. The van der Waals surface area contributed by atoms with Crippen molar-refractivity contribution in [1.29, 1.82) is 0 Å². The fourth-order valence-corrected chi connectivity index (χ4v) is 3.12. The average Bonchev–Trinajstić information content (AvgIpc) is 2.85. The van der Waals surface area contributed by atoms with Crippen molar-refractivity contribution in [3.05, 3.63) is 35.8 Å². The number of carbonyl (C=O) groups excluding carboxylic acids is 1. The first kappa shape index (κ1) is 12.4. The van der Waals surface area contributed by atoms with Crippen molar-refractivity contribution in [3.63, 3.8) is 0 Å². The molecule has 2 aromatic rings. The summed E-state index contributed by atoms with van der Waals surface area (Å²) in [5.41, 5.74) is 1.21. The number of rotatable bonds is 3. The van der Waals surface area contributed by atoms with Crippen LogP contribution in [0.5, 0.6) is 0 Å². The number of fused-ring (bicyclic) bond motifs is 1. The van der Waals surface area contributed by atoms with Gasteiger partial charge < -0.3 is 4.98 Å². The van der Waals surface area contributed by atoms with Crippen molar-refractivity contribution >= 4 is 16.7 Å². The van der Waals surface area contributed by atoms with E-state index in [1.807, 2.05) is 0 Å². The maximum Gasteiger partial charge on any atom is 0.165 e. The molecule has 1 aliphatic carbocycles. The molecule has 3 heteroatoms. The first-order valence-electron chi connectivity index (χ1n) is 7.04. The second-order valence-electron chi connectivity index (χ2n) is 5.50. The van der Waals surface area contributed by atoms with Crippen LogP contribution in [0, 0.1) is 11.7 Å². The van der Waals surface area contributed by atoms with Gasteiger partial charge in [-0.1, -0.05) is 38.2 Å². The lowest BCUT2D eigenvalue weighted by molar-refractivity contribution is 0.0951. The van der Waals surface area contributed by atoms with Gasteiger partial charge in [0.2, 0.25) is 0 Å². The molecule has 0 aliphatic heterocycles. The summed E-state index contributed by atoms with van der Waals surface area (Å²) in [6.45, 7) is 0. The molecule has 0 unspecified atom stereocenters. The molecule has 1 aromatic carbocycles. The van der Waals surface area contributed by atoms with Gasteiger partial charge in [-0.15, -0.1) is 0 Å². The van der Waals surface area contributed by atoms with Crippen LogP contribution in [0.1, 0.15) is 48.9 Å². The van der Waals surface area contributed by atoms with Crippen LogP contribution in [0.2, 0.25) is 0 Å². The monoisotopic (exact) mass is 259 g/mol. The molecule has 1 heterocycles. The highest BCUT2D eigenvalue weighted by atomic mass is 19.1. The molecular weight excluding hydrogens is 241 g/mol. The highest BCUT2D eigenvalue weighted by Gasteiger charge is 2.21. The maximum atomic E-state index is 13.8. The molecule has 1 saturated carbocycles. The summed E-state index contributed by atoms with van der Waals surface area (Å²) in [7, 11) is 0. The van der Waals surface area contributed by atoms with Crippen LogP contribution in [-0.2, 0) is 0 Å². The van der Waals surface area contributed by atoms with Gasteiger partial charge in [-0.2, -0.15) is 0 Å². The van der Waals surface area contributed by atoms with Gasteiger partial charge >= 0.3 is 0 Å². The number of hydrogen-bond acceptors (Lipinski definition) is 1. The predicted molar refractivity (Wildman–Crippen MR) is 73.8 cm³/mol. The summed E-state index contributed by atoms with van der Waals surface area (Å²) in [5, 5.41) is 0.448. The van der Waals surface area contributed by atoms with Crippen LogP contribution in [0.4, 0.5) is 4.39 Å². The van der Waals surface area contributed by atoms with Crippen LogP contribution < -0.4 is 0 Å². The van der Waals surface area contributed by atoms with Crippen molar-refractivity contribution in [1.82, 2.24) is 4.98 Å². The summed E-state index contributed by atoms with van der Waals surface area (Å²) in [6.07, 6.45) is 8.21. The fourth-order valence-electron chi connectivity index (χ4n) is 3.12. The van der Waals surface area contributed by atoms with Gasteiger partial charge in [0, 0.05) is 29.1 Å². The Morgan fingerprint density at radius 2 is 2.05 bits per heavy atom. The zero-order chi connectivity index (χ0) is 13.2. The fraction of sp³-hybridized carbons (Fsp3) is 0.438. The largest absolute Gasteiger partial charge is 0.360 e. The van der Waals surface area contributed by atoms with E-state index in [0.717, 1.165) is 12.8 Å². The van der Waals surface area contributed by atoms with Gasteiger partial charge in [0.15, 0.2) is 5.78 Å². The van der Waals surface area contributed by atoms with Gasteiger partial charge in [0.05, 0.1) is 0 Å². The molecule has 1 N–H and O–H groups in total. The van der Waals surface area contributed by atoms with Crippen molar-refractivity contribution in [2.75, 3.05) is 0 Å². The van der Waals surface area contributed by atoms with E-state index < -0.39 is 0 Å². The molecule has 1 aliphatic rings. The average molecular weight is 259 g/mol. The lowest BCUT2D eigenvalue weighted by atomic mass is 9.85. The Bertz CT molecular complexity index is 596. The van der Waals surface area contributed by atoms with Crippen LogP contribution in [0.25, 0.3) is 10.9 Å². The van der Waals surface area contributed by atoms with Gasteiger partial charge in [0.25, 0.3) is 0 Å². The predicted octanol–water partition coefficient (Wildman–Crippen LogP) is 4.46. The highest BCUT2D eigenvalue weighted by Crippen LogP contribution is 2.29. The van der Waals surface area contributed by atoms with Crippen LogP contribution in [-0.4, -0.2) is 10.8 Å². The SMILES string of the molecule is O=C(CC1CCCCC1)c1c[nH]c2cccc(F)c12. The van der Waals surface area contributed by atoms with E-state index in [0.29, 0.717) is 28.8 Å². The standard InChI is InChI=1S/C16H18FNO/c17-13-7-4-8-14-16(13)12(10-18-14)15(19)9-11-5-2-1-3-6-11/h4,7-8,10-11,18H,1-3,5-6,9H2. The maximum absolute atomic E-state index is 13.8. The zero-order valence-electron chi connectivity index (χ0n) is 10.9. The first-order chi connectivity index (χ1) is 9.25. The zero-order valence-corrected chi connectivity index (χ0v) is 10.9. The van der Waals surface area contributed by atoms with Gasteiger partial charge in [-0.05, 0) is 18.1 Å². The topological polar surface area (TPSA) is 32.9 Å². The van der Waals surface area contributed by atoms with Crippen molar-refractivity contribution in [3.8, 4) is 0 Å². The molecule has 3 rings (SSSR count). The third-order valence-electron chi connectivity index (χ3n) is 4.15. The Labute approximate surface area is 112 Å². The second-order valence-corrected chi connectivity index (χ2v) is 5.50. The summed E-state index contributed by atoms with van der Waals surface area (Å²) in [5.74, 6) is 0.243. The number of aromatic amines is 1. The van der Waals surface area contributed by atoms with E-state index in [-0.39, 0.29) is 11.6 Å². The number of nitrogens with one attached hydrogen (secondary N) is 1. The van der Waals surface area contributed by atoms with E-state index >= 15 is 0 Å². The molecule has 1 aromatic heterocycles. The van der Waals surface area contributed by atoms with E-state index in [1.165, 1.54) is 25.3 Å². The molecule has 1 fully saturated rings. The van der Waals surface area contributed by atoms with Crippen molar-refractivity contribution < 1.29 is 9.18 Å². The molecular formula is C16H18FNO. The summed E-state index contributed by atoms with van der Waals surface area (Å²) in [4.78, 5) is 15.3. The van der Waals surface area contributed by atoms with E-state index in [1.54, 1.807) is 18.3 Å². The lowest BCUT2D eigenvalue weighted by Gasteiger charge is -2.20. The van der Waals surface area contributed by atoms with E-state index in [4.69, 9.17) is 0 Å². The molecule has 0 spiro atoms. The molecule has 0 atom stereocenters. The molecule has 0 saturated heterocycles. The number of aromatic nitrogens is 1. The third kappa shape index (κ3) is 2.42. The first-order valence-corrected chi connectivity index (χ1v) is 7.04. The number of hydrogen-bond donors (Lipinski definition) is 1. The number of Topliss-reactive ketones (excluding diaryl/α,β-unsaturated/α-hetero) is 1. The Hall–Kier alpha value is -1.64. The summed E-state index contributed by atoms with van der Waals surface area (Å²) >= 11 is 0. The van der Waals surface area contributed by atoms with Gasteiger partial charge in [-0.3, -0.25) is 4.79 Å². The normalized spacial score (nSPS) is 16.9. The molecule has 2 nitrogen and oxygen atoms in total. The Kier molecular flexibility index (Phi) is 3.36. The van der Waals surface area contributed by atoms with Crippen molar-refractivity contribution in [2.24, 2.45) is 5.92 Å². The Morgan fingerprint density at radius 3 is 2.84 bits per heavy atom. The minimum absolute atomic E-state index is 0.0725. The summed E-state index contributed by atoms with van der Waals surface area (Å²) < 4.78 is 13.8. The lowest BCUT2D eigenvalue weighted by Crippen LogP contribution is -2.12. The smallest absolute Gasteiger partial charge is 0.165 e. The molecule has 0 radical (unpaired) electrons. The molecule has 19 heavy (non-hydrogen) atoms. The van der Waals surface area contributed by atoms with Crippen LogP contribution in [0.15, 0.2) is 24.4 Å². The van der Waals surface area contributed by atoms with E-state index in [2.05, 4.69) is 4.98 Å². The van der Waals surface area contributed by atoms with Crippen molar-refractivity contribution in [2.45, 2.75) is 38.5 Å². The van der Waals surface area contributed by atoms with Gasteiger partial charge in [0.1, 0.15) is 5.82 Å². The van der Waals surface area contributed by atoms with E-state index in [9.17, 15) is 9.18 Å². The Morgan fingerprint density at radius 1 is 1.26 bits per heavy atom.